The van der Waals surface area contributed by atoms with Gasteiger partial charge in [-0.2, -0.15) is 0 Å². The minimum atomic E-state index is -1.16. The number of hydrogen-bond acceptors (Lipinski definition) is 2. The van der Waals surface area contributed by atoms with Crippen LogP contribution < -0.4 is 5.32 Å². The maximum absolute atomic E-state index is 13.3. The first kappa shape index (κ1) is 12.5. The van der Waals surface area contributed by atoms with Crippen molar-refractivity contribution < 1.29 is 23.5 Å². The van der Waals surface area contributed by atoms with Crippen molar-refractivity contribution in [3.63, 3.8) is 0 Å². The molecule has 1 aromatic rings. The Kier molecular flexibility index (Phi) is 3.27. The molecule has 1 aliphatic rings. The van der Waals surface area contributed by atoms with Crippen molar-refractivity contribution in [2.75, 3.05) is 0 Å². The fourth-order valence-corrected chi connectivity index (χ4v) is 1.70. The van der Waals surface area contributed by atoms with Gasteiger partial charge in [-0.1, -0.05) is 0 Å². The molecule has 1 amide bonds. The summed E-state index contributed by atoms with van der Waals surface area (Å²) < 4.78 is 26.2. The molecular formula is C12H11F2NO3. The Labute approximate surface area is 102 Å². The Morgan fingerprint density at radius 1 is 1.33 bits per heavy atom. The van der Waals surface area contributed by atoms with Crippen LogP contribution in [0.25, 0.3) is 0 Å². The molecule has 1 saturated carbocycles. The summed E-state index contributed by atoms with van der Waals surface area (Å²) in [7, 11) is 0. The van der Waals surface area contributed by atoms with Gasteiger partial charge in [0.15, 0.2) is 0 Å². The first-order valence-electron chi connectivity index (χ1n) is 5.48. The van der Waals surface area contributed by atoms with E-state index in [2.05, 4.69) is 5.32 Å². The number of nitrogens with one attached hydrogen (secondary N) is 1. The number of hydrogen-bond donors (Lipinski definition) is 2. The molecule has 0 saturated heterocycles. The number of amides is 1. The van der Waals surface area contributed by atoms with Crippen molar-refractivity contribution in [2.24, 2.45) is 5.92 Å². The zero-order valence-electron chi connectivity index (χ0n) is 9.32. The summed E-state index contributed by atoms with van der Waals surface area (Å²) in [5.74, 6) is -3.83. The van der Waals surface area contributed by atoms with E-state index in [1.54, 1.807) is 0 Å². The van der Waals surface area contributed by atoms with Crippen molar-refractivity contribution >= 4 is 11.9 Å². The maximum atomic E-state index is 13.3. The summed E-state index contributed by atoms with van der Waals surface area (Å²) in [6, 6.07) is 1.43. The molecule has 6 heteroatoms. The normalized spacial score (nSPS) is 16.1. The minimum Gasteiger partial charge on any atom is -0.480 e. The smallest absolute Gasteiger partial charge is 0.326 e. The minimum absolute atomic E-state index is 0.122. The third-order valence-electron chi connectivity index (χ3n) is 2.82. The van der Waals surface area contributed by atoms with Crippen LogP contribution in [-0.2, 0) is 4.79 Å². The Morgan fingerprint density at radius 3 is 2.56 bits per heavy atom. The summed E-state index contributed by atoms with van der Waals surface area (Å²) in [6.07, 6.45) is 1.42. The van der Waals surface area contributed by atoms with Crippen LogP contribution in [0.15, 0.2) is 18.2 Å². The summed E-state index contributed by atoms with van der Waals surface area (Å²) >= 11 is 0. The van der Waals surface area contributed by atoms with E-state index in [-0.39, 0.29) is 5.92 Å². The molecule has 1 atom stereocenters. The Balaban J connectivity index is 2.15. The SMILES string of the molecule is O=C(NC(C(=O)O)C1CC1)c1cc(F)ccc1F. The quantitative estimate of drug-likeness (QED) is 0.858. The molecule has 0 bridgehead atoms. The first-order valence-corrected chi connectivity index (χ1v) is 5.48. The molecule has 2 rings (SSSR count). The summed E-state index contributed by atoms with van der Waals surface area (Å²) in [5.41, 5.74) is -0.484. The molecule has 2 N–H and O–H groups in total. The number of carboxylic acids is 1. The second kappa shape index (κ2) is 4.72. The molecule has 0 aliphatic heterocycles. The van der Waals surface area contributed by atoms with Gasteiger partial charge in [0.25, 0.3) is 5.91 Å². The number of rotatable bonds is 4. The summed E-state index contributed by atoms with van der Waals surface area (Å²) in [4.78, 5) is 22.6. The Hall–Kier alpha value is -1.98. The molecule has 4 nitrogen and oxygen atoms in total. The highest BCUT2D eigenvalue weighted by Crippen LogP contribution is 2.32. The van der Waals surface area contributed by atoms with Gasteiger partial charge in [-0.3, -0.25) is 4.79 Å². The van der Waals surface area contributed by atoms with Crippen LogP contribution in [0, 0.1) is 17.6 Å². The van der Waals surface area contributed by atoms with Crippen molar-refractivity contribution in [3.05, 3.63) is 35.4 Å². The van der Waals surface area contributed by atoms with Crippen LogP contribution in [-0.4, -0.2) is 23.0 Å². The average Bonchev–Trinajstić information content (AvgIpc) is 3.12. The molecule has 0 aromatic heterocycles. The Bertz CT molecular complexity index is 500. The molecule has 0 radical (unpaired) electrons. The molecule has 1 aromatic carbocycles. The number of benzene rings is 1. The predicted molar refractivity (Wildman–Crippen MR) is 58.0 cm³/mol. The monoisotopic (exact) mass is 255 g/mol. The maximum Gasteiger partial charge on any atom is 0.326 e. The highest BCUT2D eigenvalue weighted by atomic mass is 19.1. The van der Waals surface area contributed by atoms with Gasteiger partial charge in [0, 0.05) is 0 Å². The second-order valence-electron chi connectivity index (χ2n) is 4.25. The first-order chi connectivity index (χ1) is 8.49. The molecular weight excluding hydrogens is 244 g/mol. The molecule has 1 fully saturated rings. The zero-order chi connectivity index (χ0) is 13.3. The summed E-state index contributed by atoms with van der Waals surface area (Å²) in [5, 5.41) is 11.1. The van der Waals surface area contributed by atoms with E-state index >= 15 is 0 Å². The van der Waals surface area contributed by atoms with Gasteiger partial charge in [-0.05, 0) is 37.0 Å². The molecule has 1 aliphatic carbocycles. The van der Waals surface area contributed by atoms with Crippen molar-refractivity contribution in [3.8, 4) is 0 Å². The highest BCUT2D eigenvalue weighted by molar-refractivity contribution is 5.96. The largest absolute Gasteiger partial charge is 0.480 e. The van der Waals surface area contributed by atoms with E-state index in [9.17, 15) is 18.4 Å². The number of halogens is 2. The standard InChI is InChI=1S/C12H11F2NO3/c13-7-3-4-9(14)8(5-7)11(16)15-10(12(17)18)6-1-2-6/h3-6,10H,1-2H2,(H,15,16)(H,17,18). The van der Waals surface area contributed by atoms with Crippen LogP contribution in [0.4, 0.5) is 8.78 Å². The van der Waals surface area contributed by atoms with Gasteiger partial charge in [-0.25, -0.2) is 13.6 Å². The van der Waals surface area contributed by atoms with E-state index in [4.69, 9.17) is 5.11 Å². The van der Waals surface area contributed by atoms with E-state index < -0.39 is 35.1 Å². The van der Waals surface area contributed by atoms with Crippen LogP contribution in [0.5, 0.6) is 0 Å². The zero-order valence-corrected chi connectivity index (χ0v) is 9.32. The third-order valence-corrected chi connectivity index (χ3v) is 2.82. The van der Waals surface area contributed by atoms with Gasteiger partial charge in [-0.15, -0.1) is 0 Å². The lowest BCUT2D eigenvalue weighted by Crippen LogP contribution is -2.42. The van der Waals surface area contributed by atoms with E-state index in [1.165, 1.54) is 0 Å². The van der Waals surface area contributed by atoms with E-state index in [0.717, 1.165) is 18.2 Å². The van der Waals surface area contributed by atoms with Crippen LogP contribution in [0.3, 0.4) is 0 Å². The van der Waals surface area contributed by atoms with Gasteiger partial charge in [0.1, 0.15) is 17.7 Å². The topological polar surface area (TPSA) is 66.4 Å². The average molecular weight is 255 g/mol. The lowest BCUT2D eigenvalue weighted by Gasteiger charge is -2.13. The Morgan fingerprint density at radius 2 is 2.00 bits per heavy atom. The highest BCUT2D eigenvalue weighted by Gasteiger charge is 2.37. The fourth-order valence-electron chi connectivity index (χ4n) is 1.70. The molecule has 0 spiro atoms. The fraction of sp³-hybridized carbons (Fsp3) is 0.333. The van der Waals surface area contributed by atoms with Gasteiger partial charge < -0.3 is 10.4 Å². The molecule has 96 valence electrons. The van der Waals surface area contributed by atoms with Gasteiger partial charge in [0.2, 0.25) is 0 Å². The van der Waals surface area contributed by atoms with Crippen LogP contribution >= 0.6 is 0 Å². The number of carbonyl (C=O) groups excluding carboxylic acids is 1. The van der Waals surface area contributed by atoms with Crippen LogP contribution in [0.2, 0.25) is 0 Å². The van der Waals surface area contributed by atoms with Crippen molar-refractivity contribution in [1.82, 2.24) is 5.32 Å². The molecule has 18 heavy (non-hydrogen) atoms. The summed E-state index contributed by atoms with van der Waals surface area (Å²) in [6.45, 7) is 0. The predicted octanol–water partition coefficient (Wildman–Crippen LogP) is 1.56. The number of aliphatic carboxylic acids is 1. The van der Waals surface area contributed by atoms with Gasteiger partial charge in [0.05, 0.1) is 5.56 Å². The van der Waals surface area contributed by atoms with E-state index in [0.29, 0.717) is 12.8 Å². The van der Waals surface area contributed by atoms with E-state index in [1.807, 2.05) is 0 Å². The van der Waals surface area contributed by atoms with Crippen molar-refractivity contribution in [2.45, 2.75) is 18.9 Å². The third kappa shape index (κ3) is 2.64. The number of carboxylic acid groups (broad SMARTS) is 1. The van der Waals surface area contributed by atoms with Crippen molar-refractivity contribution in [1.29, 1.82) is 0 Å². The molecule has 0 heterocycles. The van der Waals surface area contributed by atoms with Gasteiger partial charge >= 0.3 is 5.97 Å². The lowest BCUT2D eigenvalue weighted by molar-refractivity contribution is -0.139. The second-order valence-corrected chi connectivity index (χ2v) is 4.25. The number of carbonyl (C=O) groups is 2. The molecule has 1 unspecified atom stereocenters. The lowest BCUT2D eigenvalue weighted by atomic mass is 10.1. The van der Waals surface area contributed by atoms with Crippen LogP contribution in [0.1, 0.15) is 23.2 Å².